The van der Waals surface area contributed by atoms with Crippen LogP contribution >= 0.6 is 11.5 Å². The van der Waals surface area contributed by atoms with Crippen LogP contribution in [0.2, 0.25) is 0 Å². The normalized spacial score (nSPS) is 17.4. The van der Waals surface area contributed by atoms with E-state index in [1.165, 1.54) is 11.5 Å². The Morgan fingerprint density at radius 1 is 1.45 bits per heavy atom. The summed E-state index contributed by atoms with van der Waals surface area (Å²) in [6, 6.07) is 0. The van der Waals surface area contributed by atoms with Crippen LogP contribution in [0.15, 0.2) is 0 Å². The van der Waals surface area contributed by atoms with Crippen molar-refractivity contribution in [3.63, 3.8) is 0 Å². The van der Waals surface area contributed by atoms with Gasteiger partial charge in [0, 0.05) is 51.4 Å². The quantitative estimate of drug-likeness (QED) is 0.814. The van der Waals surface area contributed by atoms with Crippen LogP contribution in [-0.2, 0) is 9.53 Å². The lowest BCUT2D eigenvalue weighted by atomic mass is 10.2. The van der Waals surface area contributed by atoms with Gasteiger partial charge < -0.3 is 20.3 Å². The first-order valence-corrected chi connectivity index (χ1v) is 7.47. The Bertz CT molecular complexity index is 441. The Morgan fingerprint density at radius 3 is 2.65 bits per heavy atom. The van der Waals surface area contributed by atoms with Crippen LogP contribution in [0.4, 0.5) is 5.13 Å². The molecule has 112 valence electrons. The molecule has 0 radical (unpaired) electrons. The van der Waals surface area contributed by atoms with Crippen molar-refractivity contribution in [1.29, 1.82) is 0 Å². The van der Waals surface area contributed by atoms with Crippen LogP contribution in [0.25, 0.3) is 0 Å². The van der Waals surface area contributed by atoms with Gasteiger partial charge in [-0.15, -0.1) is 0 Å². The fraction of sp³-hybridized carbons (Fsp3) is 0.750. The molecule has 2 heterocycles. The molecule has 0 bridgehead atoms. The summed E-state index contributed by atoms with van der Waals surface area (Å²) in [6.07, 6.45) is 0.164. The number of ether oxygens (including phenoxy) is 1. The van der Waals surface area contributed by atoms with Crippen molar-refractivity contribution in [1.82, 2.24) is 14.3 Å². The molecule has 1 aliphatic heterocycles. The second-order valence-electron chi connectivity index (χ2n) is 4.79. The molecule has 8 heteroatoms. The lowest BCUT2D eigenvalue weighted by Crippen LogP contribution is -2.49. The number of carbonyl (C=O) groups excluding carboxylic acids is 1. The van der Waals surface area contributed by atoms with Crippen LogP contribution in [0.1, 0.15) is 12.2 Å². The number of carbonyl (C=O) groups is 1. The molecule has 2 rings (SSSR count). The lowest BCUT2D eigenvalue weighted by Gasteiger charge is -2.34. The summed E-state index contributed by atoms with van der Waals surface area (Å²) >= 11 is 1.41. The average Bonchev–Trinajstić information content (AvgIpc) is 2.91. The molecule has 1 aromatic heterocycles. The van der Waals surface area contributed by atoms with E-state index in [4.69, 9.17) is 10.5 Å². The molecule has 2 N–H and O–H groups in total. The molecule has 1 saturated heterocycles. The number of hydrogen-bond donors (Lipinski definition) is 1. The maximum absolute atomic E-state index is 12.1. The first kappa shape index (κ1) is 15.1. The van der Waals surface area contributed by atoms with Gasteiger partial charge in [-0.3, -0.25) is 4.79 Å². The topological polar surface area (TPSA) is 84.6 Å². The first-order chi connectivity index (χ1) is 9.63. The average molecular weight is 299 g/mol. The number of amides is 1. The Hall–Kier alpha value is -1.25. The molecule has 1 aromatic rings. The second-order valence-corrected chi connectivity index (χ2v) is 5.52. The third kappa shape index (κ3) is 3.65. The molecule has 7 nitrogen and oxygen atoms in total. The van der Waals surface area contributed by atoms with Gasteiger partial charge in [0.25, 0.3) is 0 Å². The summed E-state index contributed by atoms with van der Waals surface area (Å²) in [4.78, 5) is 20.5. The van der Waals surface area contributed by atoms with Crippen molar-refractivity contribution < 1.29 is 9.53 Å². The summed E-state index contributed by atoms with van der Waals surface area (Å²) in [5.74, 6) is 0.907. The second kappa shape index (κ2) is 6.96. The van der Waals surface area contributed by atoms with Gasteiger partial charge in [0.2, 0.25) is 11.0 Å². The zero-order valence-electron chi connectivity index (χ0n) is 11.9. The van der Waals surface area contributed by atoms with Crippen LogP contribution in [0, 0.1) is 6.92 Å². The summed E-state index contributed by atoms with van der Waals surface area (Å²) in [6.45, 7) is 5.25. The molecule has 1 atom stereocenters. The largest absolute Gasteiger partial charge is 0.380 e. The zero-order valence-corrected chi connectivity index (χ0v) is 12.7. The fourth-order valence-electron chi connectivity index (χ4n) is 2.15. The van der Waals surface area contributed by atoms with E-state index in [-0.39, 0.29) is 12.0 Å². The standard InChI is InChI=1S/C12H21N5O2S/c1-9-14-12(20-15-9)17-5-3-16(4-6-17)11(18)7-10(8-13)19-2/h10H,3-8,13H2,1-2H3. The van der Waals surface area contributed by atoms with Crippen molar-refractivity contribution in [2.24, 2.45) is 5.73 Å². The number of methoxy groups -OCH3 is 1. The highest BCUT2D eigenvalue weighted by molar-refractivity contribution is 7.09. The van der Waals surface area contributed by atoms with Gasteiger partial charge >= 0.3 is 0 Å². The number of anilines is 1. The minimum Gasteiger partial charge on any atom is -0.380 e. The minimum atomic E-state index is -0.189. The Kier molecular flexibility index (Phi) is 5.27. The van der Waals surface area contributed by atoms with Crippen molar-refractivity contribution in [3.05, 3.63) is 5.82 Å². The van der Waals surface area contributed by atoms with E-state index in [0.29, 0.717) is 26.1 Å². The summed E-state index contributed by atoms with van der Waals surface area (Å²) < 4.78 is 9.34. The predicted molar refractivity (Wildman–Crippen MR) is 77.9 cm³/mol. The van der Waals surface area contributed by atoms with E-state index in [2.05, 4.69) is 14.3 Å². The molecule has 1 unspecified atom stereocenters. The smallest absolute Gasteiger partial charge is 0.225 e. The highest BCUT2D eigenvalue weighted by atomic mass is 32.1. The zero-order chi connectivity index (χ0) is 14.5. The predicted octanol–water partition coefficient (Wildman–Crippen LogP) is -0.141. The molecule has 1 aliphatic rings. The summed E-state index contributed by atoms with van der Waals surface area (Å²) in [7, 11) is 1.58. The Labute approximate surface area is 122 Å². The van der Waals surface area contributed by atoms with E-state index in [1.54, 1.807) is 7.11 Å². The number of rotatable bonds is 5. The molecule has 1 amide bonds. The van der Waals surface area contributed by atoms with Crippen molar-refractivity contribution >= 4 is 22.6 Å². The van der Waals surface area contributed by atoms with Crippen LogP contribution in [-0.4, -0.2) is 66.1 Å². The molecule has 20 heavy (non-hydrogen) atoms. The highest BCUT2D eigenvalue weighted by Crippen LogP contribution is 2.19. The molecule has 0 aromatic carbocycles. The van der Waals surface area contributed by atoms with E-state index in [0.717, 1.165) is 24.0 Å². The van der Waals surface area contributed by atoms with Gasteiger partial charge in [0.05, 0.1) is 12.5 Å². The summed E-state index contributed by atoms with van der Waals surface area (Å²) in [5, 5.41) is 0.936. The van der Waals surface area contributed by atoms with E-state index < -0.39 is 0 Å². The first-order valence-electron chi connectivity index (χ1n) is 6.70. The molecule has 0 aliphatic carbocycles. The minimum absolute atomic E-state index is 0.107. The van der Waals surface area contributed by atoms with Crippen LogP contribution in [0.5, 0.6) is 0 Å². The van der Waals surface area contributed by atoms with Crippen molar-refractivity contribution in [3.8, 4) is 0 Å². The molecular weight excluding hydrogens is 278 g/mol. The molecule has 0 saturated carbocycles. The van der Waals surface area contributed by atoms with Gasteiger partial charge in [-0.05, 0) is 6.92 Å². The number of piperazine rings is 1. The number of aromatic nitrogens is 2. The summed E-state index contributed by atoms with van der Waals surface area (Å²) in [5.41, 5.74) is 5.54. The Balaban J connectivity index is 1.83. The molecular formula is C12H21N5O2S. The number of hydrogen-bond acceptors (Lipinski definition) is 7. The van der Waals surface area contributed by atoms with Gasteiger partial charge in [-0.25, -0.2) is 4.98 Å². The number of nitrogens with zero attached hydrogens (tertiary/aromatic N) is 4. The van der Waals surface area contributed by atoms with E-state index in [1.807, 2.05) is 11.8 Å². The van der Waals surface area contributed by atoms with Gasteiger partial charge in [0.1, 0.15) is 5.82 Å². The lowest BCUT2D eigenvalue weighted by molar-refractivity contribution is -0.133. The van der Waals surface area contributed by atoms with Gasteiger partial charge in [-0.1, -0.05) is 0 Å². The highest BCUT2D eigenvalue weighted by Gasteiger charge is 2.24. The van der Waals surface area contributed by atoms with E-state index in [9.17, 15) is 4.79 Å². The van der Waals surface area contributed by atoms with Crippen LogP contribution in [0.3, 0.4) is 0 Å². The Morgan fingerprint density at radius 2 is 2.15 bits per heavy atom. The van der Waals surface area contributed by atoms with Crippen molar-refractivity contribution in [2.45, 2.75) is 19.4 Å². The number of nitrogens with two attached hydrogens (primary N) is 1. The fourth-order valence-corrected chi connectivity index (χ4v) is 2.87. The van der Waals surface area contributed by atoms with E-state index >= 15 is 0 Å². The molecule has 1 fully saturated rings. The van der Waals surface area contributed by atoms with Crippen molar-refractivity contribution in [2.75, 3.05) is 44.7 Å². The monoisotopic (exact) mass is 299 g/mol. The third-order valence-electron chi connectivity index (χ3n) is 3.42. The number of aryl methyl sites for hydroxylation is 1. The van der Waals surface area contributed by atoms with Gasteiger partial charge in [-0.2, -0.15) is 4.37 Å². The molecule has 0 spiro atoms. The van der Waals surface area contributed by atoms with Gasteiger partial charge in [0.15, 0.2) is 0 Å². The SMILES string of the molecule is COC(CN)CC(=O)N1CCN(c2nc(C)ns2)CC1. The maximum atomic E-state index is 12.1. The van der Waals surface area contributed by atoms with Crippen LogP contribution < -0.4 is 10.6 Å². The maximum Gasteiger partial charge on any atom is 0.225 e. The third-order valence-corrected chi connectivity index (χ3v) is 4.29.